The summed E-state index contributed by atoms with van der Waals surface area (Å²) in [6.45, 7) is 1.71. The first-order valence-electron chi connectivity index (χ1n) is 4.32. The van der Waals surface area contributed by atoms with Gasteiger partial charge in [0.2, 0.25) is 0 Å². The summed E-state index contributed by atoms with van der Waals surface area (Å²) in [4.78, 5) is 1.90. The predicted molar refractivity (Wildman–Crippen MR) is 49.9 cm³/mol. The number of nitrogens with zero attached hydrogens (tertiary/aromatic N) is 2. The summed E-state index contributed by atoms with van der Waals surface area (Å²) < 4.78 is 22.5. The molecule has 0 aliphatic carbocycles. The van der Waals surface area contributed by atoms with E-state index in [-0.39, 0.29) is 5.25 Å². The highest BCUT2D eigenvalue weighted by Gasteiger charge is 2.26. The van der Waals surface area contributed by atoms with Crippen molar-refractivity contribution < 1.29 is 8.42 Å². The van der Waals surface area contributed by atoms with Crippen molar-refractivity contribution in [1.82, 2.24) is 4.90 Å². The summed E-state index contributed by atoms with van der Waals surface area (Å²) in [6, 6.07) is 2.04. The maximum absolute atomic E-state index is 11.2. The second-order valence-electron chi connectivity index (χ2n) is 3.49. The van der Waals surface area contributed by atoms with Crippen LogP contribution in [0.1, 0.15) is 12.8 Å². The standard InChI is InChI=1S/C8H14N2O2S/c1-13(11,12)8-3-2-5-10(7-8)6-4-9/h8H,2-3,5-7H2,1H3. The van der Waals surface area contributed by atoms with Crippen molar-refractivity contribution in [2.45, 2.75) is 18.1 Å². The summed E-state index contributed by atoms with van der Waals surface area (Å²) >= 11 is 0. The van der Waals surface area contributed by atoms with Crippen LogP contribution < -0.4 is 0 Å². The van der Waals surface area contributed by atoms with Crippen molar-refractivity contribution in [3.05, 3.63) is 0 Å². The first kappa shape index (κ1) is 10.5. The molecule has 0 radical (unpaired) electrons. The Hall–Kier alpha value is -0.600. The average molecular weight is 202 g/mol. The summed E-state index contributed by atoms with van der Waals surface area (Å²) in [5, 5.41) is 8.20. The zero-order chi connectivity index (χ0) is 9.90. The lowest BCUT2D eigenvalue weighted by molar-refractivity contribution is 0.255. The monoisotopic (exact) mass is 202 g/mol. The van der Waals surface area contributed by atoms with E-state index in [0.29, 0.717) is 13.1 Å². The maximum Gasteiger partial charge on any atom is 0.151 e. The molecule has 5 heteroatoms. The van der Waals surface area contributed by atoms with E-state index in [1.54, 1.807) is 0 Å². The molecule has 0 amide bonds. The normalized spacial score (nSPS) is 25.4. The third kappa shape index (κ3) is 2.98. The summed E-state index contributed by atoms with van der Waals surface area (Å²) in [7, 11) is -2.93. The van der Waals surface area contributed by atoms with Gasteiger partial charge in [0.05, 0.1) is 17.9 Å². The quantitative estimate of drug-likeness (QED) is 0.592. The molecule has 1 saturated heterocycles. The lowest BCUT2D eigenvalue weighted by atomic mass is 10.1. The minimum atomic E-state index is -2.93. The summed E-state index contributed by atoms with van der Waals surface area (Å²) in [5.41, 5.74) is 0. The van der Waals surface area contributed by atoms with Crippen LogP contribution in [0.15, 0.2) is 0 Å². The lowest BCUT2D eigenvalue weighted by Gasteiger charge is -2.29. The zero-order valence-corrected chi connectivity index (χ0v) is 8.55. The van der Waals surface area contributed by atoms with E-state index in [4.69, 9.17) is 5.26 Å². The van der Waals surface area contributed by atoms with Crippen LogP contribution >= 0.6 is 0 Å². The highest BCUT2D eigenvalue weighted by atomic mass is 32.2. The maximum atomic E-state index is 11.2. The van der Waals surface area contributed by atoms with Crippen molar-refractivity contribution in [3.63, 3.8) is 0 Å². The number of hydrogen-bond donors (Lipinski definition) is 0. The number of rotatable bonds is 2. The van der Waals surface area contributed by atoms with E-state index in [9.17, 15) is 8.42 Å². The Balaban J connectivity index is 2.58. The van der Waals surface area contributed by atoms with Gasteiger partial charge in [-0.05, 0) is 19.4 Å². The van der Waals surface area contributed by atoms with Gasteiger partial charge in [0.25, 0.3) is 0 Å². The van der Waals surface area contributed by atoms with Crippen LogP contribution in [0.3, 0.4) is 0 Å². The zero-order valence-electron chi connectivity index (χ0n) is 7.73. The van der Waals surface area contributed by atoms with Crippen LogP contribution in [0.25, 0.3) is 0 Å². The Morgan fingerprint density at radius 3 is 2.85 bits per heavy atom. The Morgan fingerprint density at radius 2 is 2.31 bits per heavy atom. The van der Waals surface area contributed by atoms with E-state index >= 15 is 0 Å². The van der Waals surface area contributed by atoms with Crippen LogP contribution in [0.5, 0.6) is 0 Å². The lowest BCUT2D eigenvalue weighted by Crippen LogP contribution is -2.41. The molecule has 13 heavy (non-hydrogen) atoms. The van der Waals surface area contributed by atoms with Crippen molar-refractivity contribution in [1.29, 1.82) is 5.26 Å². The highest BCUT2D eigenvalue weighted by molar-refractivity contribution is 7.91. The topological polar surface area (TPSA) is 61.2 Å². The van der Waals surface area contributed by atoms with Crippen molar-refractivity contribution in [3.8, 4) is 6.07 Å². The first-order valence-corrected chi connectivity index (χ1v) is 6.27. The molecule has 0 spiro atoms. The Labute approximate surface area is 79.1 Å². The fourth-order valence-electron chi connectivity index (χ4n) is 1.61. The van der Waals surface area contributed by atoms with Gasteiger partial charge in [0.1, 0.15) is 0 Å². The average Bonchev–Trinajstić information content (AvgIpc) is 2.04. The Kier molecular flexibility index (Phi) is 3.28. The molecule has 1 rings (SSSR count). The number of sulfone groups is 1. The van der Waals surface area contributed by atoms with Gasteiger partial charge in [-0.15, -0.1) is 0 Å². The smallest absolute Gasteiger partial charge is 0.151 e. The molecule has 1 aliphatic rings. The fraction of sp³-hybridized carbons (Fsp3) is 0.875. The van der Waals surface area contributed by atoms with Crippen molar-refractivity contribution >= 4 is 9.84 Å². The molecule has 1 fully saturated rings. The van der Waals surface area contributed by atoms with Gasteiger partial charge in [-0.2, -0.15) is 5.26 Å². The van der Waals surface area contributed by atoms with Crippen LogP contribution in [0, 0.1) is 11.3 Å². The van der Waals surface area contributed by atoms with Gasteiger partial charge in [-0.3, -0.25) is 4.90 Å². The summed E-state index contributed by atoms with van der Waals surface area (Å²) in [5.74, 6) is 0. The third-order valence-electron chi connectivity index (χ3n) is 2.36. The van der Waals surface area contributed by atoms with Crippen LogP contribution in [-0.2, 0) is 9.84 Å². The van der Waals surface area contributed by atoms with Crippen LogP contribution in [-0.4, -0.2) is 44.5 Å². The van der Waals surface area contributed by atoms with Crippen molar-refractivity contribution in [2.75, 3.05) is 25.9 Å². The van der Waals surface area contributed by atoms with Gasteiger partial charge < -0.3 is 0 Å². The molecule has 0 bridgehead atoms. The molecule has 0 aromatic carbocycles. The fourth-order valence-corrected chi connectivity index (χ4v) is 2.68. The number of hydrogen-bond acceptors (Lipinski definition) is 4. The molecular weight excluding hydrogens is 188 g/mol. The molecule has 74 valence electrons. The third-order valence-corrected chi connectivity index (χ3v) is 3.96. The van der Waals surface area contributed by atoms with Gasteiger partial charge in [0.15, 0.2) is 9.84 Å². The molecular formula is C8H14N2O2S. The van der Waals surface area contributed by atoms with Gasteiger partial charge in [-0.25, -0.2) is 8.42 Å². The highest BCUT2D eigenvalue weighted by Crippen LogP contribution is 2.15. The minimum Gasteiger partial charge on any atom is -0.289 e. The van der Waals surface area contributed by atoms with Gasteiger partial charge >= 0.3 is 0 Å². The number of nitriles is 1. The molecule has 1 aliphatic heterocycles. The SMILES string of the molecule is CS(=O)(=O)C1CCCN(CC#N)C1. The molecule has 0 aromatic heterocycles. The van der Waals surface area contributed by atoms with Gasteiger partial charge in [-0.1, -0.05) is 0 Å². The van der Waals surface area contributed by atoms with E-state index in [0.717, 1.165) is 19.4 Å². The van der Waals surface area contributed by atoms with E-state index in [1.807, 2.05) is 11.0 Å². The molecule has 4 nitrogen and oxygen atoms in total. The van der Waals surface area contributed by atoms with Crippen molar-refractivity contribution in [2.24, 2.45) is 0 Å². The molecule has 0 saturated carbocycles. The Morgan fingerprint density at radius 1 is 1.62 bits per heavy atom. The molecule has 0 aromatic rings. The van der Waals surface area contributed by atoms with Crippen LogP contribution in [0.2, 0.25) is 0 Å². The molecule has 1 atom stereocenters. The Bertz CT molecular complexity index is 305. The number of likely N-dealkylation sites (tertiary alicyclic amines) is 1. The van der Waals surface area contributed by atoms with Gasteiger partial charge in [0, 0.05) is 12.8 Å². The van der Waals surface area contributed by atoms with E-state index < -0.39 is 9.84 Å². The minimum absolute atomic E-state index is 0.269. The van der Waals surface area contributed by atoms with E-state index in [2.05, 4.69) is 0 Å². The van der Waals surface area contributed by atoms with Crippen LogP contribution in [0.4, 0.5) is 0 Å². The largest absolute Gasteiger partial charge is 0.289 e. The number of piperidine rings is 1. The summed E-state index contributed by atoms with van der Waals surface area (Å²) in [6.07, 6.45) is 2.88. The molecule has 1 unspecified atom stereocenters. The molecule has 1 heterocycles. The predicted octanol–water partition coefficient (Wildman–Crippen LogP) is 0.0190. The molecule has 0 N–H and O–H groups in total. The first-order chi connectivity index (χ1) is 6.04. The second-order valence-corrected chi connectivity index (χ2v) is 5.81. The van der Waals surface area contributed by atoms with E-state index in [1.165, 1.54) is 6.26 Å². The second kappa shape index (κ2) is 4.07.